The van der Waals surface area contributed by atoms with E-state index in [0.717, 1.165) is 25.7 Å². The van der Waals surface area contributed by atoms with Gasteiger partial charge in [0, 0.05) is 12.8 Å². The van der Waals surface area contributed by atoms with Crippen molar-refractivity contribution in [3.63, 3.8) is 0 Å². The maximum absolute atomic E-state index is 11.6. The van der Waals surface area contributed by atoms with Crippen LogP contribution in [0.5, 0.6) is 0 Å². The lowest BCUT2D eigenvalue weighted by Crippen LogP contribution is -2.24. The Hall–Kier alpha value is -1.39. The molecule has 136 valence electrons. The quantitative estimate of drug-likeness (QED) is 0.381. The summed E-state index contributed by atoms with van der Waals surface area (Å²) in [4.78, 5) is 11.6. The molecule has 1 aliphatic heterocycles. The average Bonchev–Trinajstić information content (AvgIpc) is 2.67. The van der Waals surface area contributed by atoms with Crippen LogP contribution in [0.1, 0.15) is 64.7 Å². The summed E-state index contributed by atoms with van der Waals surface area (Å²) in [5, 5.41) is 20.0. The summed E-state index contributed by atoms with van der Waals surface area (Å²) in [6, 6.07) is 0. The lowest BCUT2D eigenvalue weighted by Gasteiger charge is -2.15. The Balaban J connectivity index is 2.38. The standard InChI is InChI=1S/C20H32O4/c1-2-3-4-5-6-10-13-18(21)19(22)16-15-17-12-9-7-8-11-14-20(23)24-17/h6-7,9-10,15-19,21-22H,2-5,8,11-14H2,1H3/b9-7-,10-6-,16-15+/t17-,18-,19-/m0/s1. The Morgan fingerprint density at radius 1 is 1.29 bits per heavy atom. The molecule has 0 aromatic heterocycles. The summed E-state index contributed by atoms with van der Waals surface area (Å²) in [5.41, 5.74) is 0. The third-order valence-corrected chi connectivity index (χ3v) is 4.01. The van der Waals surface area contributed by atoms with Gasteiger partial charge in [0.2, 0.25) is 0 Å². The second-order valence-electron chi connectivity index (χ2n) is 6.27. The summed E-state index contributed by atoms with van der Waals surface area (Å²) in [5.74, 6) is -0.210. The van der Waals surface area contributed by atoms with E-state index in [2.05, 4.69) is 19.1 Å². The van der Waals surface area contributed by atoms with Crippen LogP contribution in [-0.4, -0.2) is 34.5 Å². The number of aliphatic hydroxyl groups excluding tert-OH is 2. The van der Waals surface area contributed by atoms with Crippen LogP contribution in [0.4, 0.5) is 0 Å². The highest BCUT2D eigenvalue weighted by Gasteiger charge is 2.15. The number of rotatable bonds is 9. The van der Waals surface area contributed by atoms with Gasteiger partial charge in [-0.3, -0.25) is 4.79 Å². The number of carbonyl (C=O) groups excluding carboxylic acids is 1. The van der Waals surface area contributed by atoms with E-state index in [1.807, 2.05) is 12.2 Å². The summed E-state index contributed by atoms with van der Waals surface area (Å²) < 4.78 is 5.35. The minimum Gasteiger partial charge on any atom is -0.458 e. The molecule has 1 heterocycles. The Morgan fingerprint density at radius 3 is 2.92 bits per heavy atom. The predicted molar refractivity (Wildman–Crippen MR) is 96.5 cm³/mol. The van der Waals surface area contributed by atoms with Crippen LogP contribution >= 0.6 is 0 Å². The number of carbonyl (C=O) groups is 1. The van der Waals surface area contributed by atoms with Gasteiger partial charge in [0.05, 0.1) is 12.2 Å². The Morgan fingerprint density at radius 2 is 2.12 bits per heavy atom. The molecule has 0 aliphatic carbocycles. The molecule has 0 saturated carbocycles. The minimum absolute atomic E-state index is 0.210. The molecule has 4 heteroatoms. The van der Waals surface area contributed by atoms with E-state index in [-0.39, 0.29) is 12.1 Å². The van der Waals surface area contributed by atoms with Crippen LogP contribution < -0.4 is 0 Å². The number of esters is 1. The zero-order valence-corrected chi connectivity index (χ0v) is 14.8. The molecular weight excluding hydrogens is 304 g/mol. The molecule has 0 spiro atoms. The number of hydrogen-bond acceptors (Lipinski definition) is 4. The fourth-order valence-corrected chi connectivity index (χ4v) is 2.48. The van der Waals surface area contributed by atoms with Crippen molar-refractivity contribution in [2.24, 2.45) is 0 Å². The molecule has 4 nitrogen and oxygen atoms in total. The topological polar surface area (TPSA) is 66.8 Å². The molecular formula is C20H32O4. The van der Waals surface area contributed by atoms with Gasteiger partial charge in [0.1, 0.15) is 6.10 Å². The van der Waals surface area contributed by atoms with Gasteiger partial charge in [0.25, 0.3) is 0 Å². The first-order valence-corrected chi connectivity index (χ1v) is 9.17. The summed E-state index contributed by atoms with van der Waals surface area (Å²) in [6.07, 6.45) is 16.8. The van der Waals surface area contributed by atoms with Crippen LogP contribution in [-0.2, 0) is 9.53 Å². The van der Waals surface area contributed by atoms with E-state index in [9.17, 15) is 15.0 Å². The van der Waals surface area contributed by atoms with Gasteiger partial charge in [-0.05, 0) is 38.2 Å². The fraction of sp³-hybridized carbons (Fsp3) is 0.650. The first kappa shape index (κ1) is 20.7. The van der Waals surface area contributed by atoms with Crippen molar-refractivity contribution in [1.29, 1.82) is 0 Å². The molecule has 24 heavy (non-hydrogen) atoms. The van der Waals surface area contributed by atoms with E-state index in [0.29, 0.717) is 19.3 Å². The number of allylic oxidation sites excluding steroid dienone is 2. The van der Waals surface area contributed by atoms with E-state index in [1.54, 1.807) is 6.08 Å². The van der Waals surface area contributed by atoms with E-state index < -0.39 is 12.2 Å². The smallest absolute Gasteiger partial charge is 0.306 e. The zero-order chi connectivity index (χ0) is 17.6. The van der Waals surface area contributed by atoms with Gasteiger partial charge in [-0.2, -0.15) is 0 Å². The third-order valence-electron chi connectivity index (χ3n) is 4.01. The molecule has 0 saturated heterocycles. The largest absolute Gasteiger partial charge is 0.458 e. The first-order valence-electron chi connectivity index (χ1n) is 9.17. The molecule has 0 unspecified atom stereocenters. The van der Waals surface area contributed by atoms with Crippen LogP contribution in [0.25, 0.3) is 0 Å². The van der Waals surface area contributed by atoms with E-state index in [1.165, 1.54) is 18.9 Å². The molecule has 0 aromatic rings. The number of unbranched alkanes of at least 4 members (excludes halogenated alkanes) is 3. The zero-order valence-electron chi connectivity index (χ0n) is 14.8. The molecule has 0 amide bonds. The Bertz CT molecular complexity index is 425. The monoisotopic (exact) mass is 336 g/mol. The van der Waals surface area contributed by atoms with Crippen molar-refractivity contribution in [2.75, 3.05) is 0 Å². The number of aliphatic hydroxyl groups is 2. The molecule has 0 radical (unpaired) electrons. The van der Waals surface area contributed by atoms with Crippen molar-refractivity contribution >= 4 is 5.97 Å². The number of cyclic esters (lactones) is 1. The molecule has 0 bridgehead atoms. The molecule has 2 N–H and O–H groups in total. The highest BCUT2D eigenvalue weighted by molar-refractivity contribution is 5.69. The molecule has 0 aromatic carbocycles. The highest BCUT2D eigenvalue weighted by Crippen LogP contribution is 2.12. The van der Waals surface area contributed by atoms with Crippen LogP contribution in [0.2, 0.25) is 0 Å². The molecule has 1 aliphatic rings. The fourth-order valence-electron chi connectivity index (χ4n) is 2.48. The minimum atomic E-state index is -0.958. The normalized spacial score (nSPS) is 23.5. The van der Waals surface area contributed by atoms with Crippen molar-refractivity contribution in [1.82, 2.24) is 0 Å². The van der Waals surface area contributed by atoms with Crippen molar-refractivity contribution in [3.05, 3.63) is 36.5 Å². The lowest BCUT2D eigenvalue weighted by molar-refractivity contribution is -0.146. The average molecular weight is 336 g/mol. The van der Waals surface area contributed by atoms with Gasteiger partial charge in [-0.15, -0.1) is 0 Å². The van der Waals surface area contributed by atoms with Crippen LogP contribution in [0.15, 0.2) is 36.5 Å². The van der Waals surface area contributed by atoms with Crippen LogP contribution in [0.3, 0.4) is 0 Å². The number of ether oxygens (including phenoxy) is 1. The van der Waals surface area contributed by atoms with E-state index in [4.69, 9.17) is 4.74 Å². The van der Waals surface area contributed by atoms with E-state index >= 15 is 0 Å². The Labute approximate surface area is 145 Å². The lowest BCUT2D eigenvalue weighted by atomic mass is 10.1. The SMILES string of the molecule is CCCCC/C=C\C[C@H](O)[C@@H](O)/C=C/[C@@H]1C/C=C\CCCC(=O)O1. The predicted octanol–water partition coefficient (Wildman–Crippen LogP) is 3.83. The van der Waals surface area contributed by atoms with Gasteiger partial charge >= 0.3 is 5.97 Å². The Kier molecular flexibility index (Phi) is 11.2. The summed E-state index contributed by atoms with van der Waals surface area (Å²) >= 11 is 0. The van der Waals surface area contributed by atoms with Gasteiger partial charge in [-0.25, -0.2) is 0 Å². The van der Waals surface area contributed by atoms with Crippen molar-refractivity contribution < 1.29 is 19.7 Å². The molecule has 3 atom stereocenters. The molecule has 0 fully saturated rings. The highest BCUT2D eigenvalue weighted by atomic mass is 16.5. The van der Waals surface area contributed by atoms with Gasteiger partial charge in [0.15, 0.2) is 0 Å². The maximum atomic E-state index is 11.6. The van der Waals surface area contributed by atoms with Gasteiger partial charge in [-0.1, -0.05) is 50.1 Å². The first-order chi connectivity index (χ1) is 11.6. The van der Waals surface area contributed by atoms with Crippen LogP contribution in [0, 0.1) is 0 Å². The van der Waals surface area contributed by atoms with Crippen molar-refractivity contribution in [3.8, 4) is 0 Å². The molecule has 1 rings (SSSR count). The summed E-state index contributed by atoms with van der Waals surface area (Å²) in [7, 11) is 0. The summed E-state index contributed by atoms with van der Waals surface area (Å²) in [6.45, 7) is 2.17. The second kappa shape index (κ2) is 13.0. The number of hydrogen-bond donors (Lipinski definition) is 2. The third kappa shape index (κ3) is 9.68. The maximum Gasteiger partial charge on any atom is 0.306 e. The second-order valence-corrected chi connectivity index (χ2v) is 6.27. The van der Waals surface area contributed by atoms with Gasteiger partial charge < -0.3 is 14.9 Å². The van der Waals surface area contributed by atoms with Crippen molar-refractivity contribution in [2.45, 2.75) is 83.0 Å².